The quantitative estimate of drug-likeness (QED) is 0.871. The average molecular weight is 231 g/mol. The molecule has 0 aliphatic rings. The number of aliphatic hydroxyl groups is 1. The third-order valence-electron chi connectivity index (χ3n) is 2.98. The lowest BCUT2D eigenvalue weighted by Gasteiger charge is -2.08. The summed E-state index contributed by atoms with van der Waals surface area (Å²) in [6.45, 7) is 4.80. The summed E-state index contributed by atoms with van der Waals surface area (Å²) >= 11 is 0. The molecule has 0 spiro atoms. The van der Waals surface area contributed by atoms with Crippen molar-refractivity contribution < 1.29 is 5.11 Å². The molecule has 0 unspecified atom stereocenters. The summed E-state index contributed by atoms with van der Waals surface area (Å²) in [6, 6.07) is 8.23. The molecule has 0 saturated heterocycles. The molecular formula is C13H17N3O. The summed E-state index contributed by atoms with van der Waals surface area (Å²) in [5, 5.41) is 17.3. The van der Waals surface area contributed by atoms with Crippen molar-refractivity contribution in [2.45, 2.75) is 33.4 Å². The van der Waals surface area contributed by atoms with Gasteiger partial charge in [-0.1, -0.05) is 36.4 Å². The van der Waals surface area contributed by atoms with Gasteiger partial charge in [-0.3, -0.25) is 0 Å². The highest BCUT2D eigenvalue weighted by molar-refractivity contribution is 5.26. The van der Waals surface area contributed by atoms with E-state index in [1.807, 2.05) is 23.7 Å². The van der Waals surface area contributed by atoms with Crippen LogP contribution in [0.2, 0.25) is 0 Å². The average Bonchev–Trinajstić information content (AvgIpc) is 2.74. The number of aromatic nitrogens is 3. The molecule has 1 heterocycles. The lowest BCUT2D eigenvalue weighted by molar-refractivity contribution is 0.275. The number of aryl methyl sites for hydroxylation is 1. The van der Waals surface area contributed by atoms with Crippen LogP contribution < -0.4 is 0 Å². The van der Waals surface area contributed by atoms with E-state index in [2.05, 4.69) is 29.4 Å². The number of benzene rings is 1. The van der Waals surface area contributed by atoms with Crippen LogP contribution in [-0.4, -0.2) is 20.1 Å². The van der Waals surface area contributed by atoms with E-state index in [-0.39, 0.29) is 6.61 Å². The van der Waals surface area contributed by atoms with Crippen molar-refractivity contribution >= 4 is 0 Å². The molecule has 2 aromatic rings. The highest BCUT2D eigenvalue weighted by atomic mass is 16.3. The summed E-state index contributed by atoms with van der Waals surface area (Å²) in [5.41, 5.74) is 4.17. The topological polar surface area (TPSA) is 50.9 Å². The van der Waals surface area contributed by atoms with Crippen LogP contribution in [0.15, 0.2) is 24.3 Å². The van der Waals surface area contributed by atoms with Gasteiger partial charge in [-0.15, -0.1) is 5.10 Å². The first kappa shape index (κ1) is 11.8. The summed E-state index contributed by atoms with van der Waals surface area (Å²) in [7, 11) is 0. The Morgan fingerprint density at radius 1 is 1.29 bits per heavy atom. The van der Waals surface area contributed by atoms with Crippen molar-refractivity contribution in [3.05, 3.63) is 46.8 Å². The Hall–Kier alpha value is -1.68. The monoisotopic (exact) mass is 231 g/mol. The van der Waals surface area contributed by atoms with Gasteiger partial charge in [0.15, 0.2) is 0 Å². The first-order chi connectivity index (χ1) is 8.26. The molecule has 0 saturated carbocycles. The number of nitrogens with zero attached hydrogens (tertiary/aromatic N) is 3. The van der Waals surface area contributed by atoms with Crippen molar-refractivity contribution in [3.8, 4) is 0 Å². The molecule has 4 nitrogen and oxygen atoms in total. The van der Waals surface area contributed by atoms with Crippen LogP contribution in [0.1, 0.15) is 29.4 Å². The fourth-order valence-corrected chi connectivity index (χ4v) is 1.95. The van der Waals surface area contributed by atoms with Gasteiger partial charge in [0, 0.05) is 0 Å². The van der Waals surface area contributed by atoms with Crippen molar-refractivity contribution in [2.24, 2.45) is 0 Å². The molecule has 0 fully saturated rings. The molecule has 90 valence electrons. The van der Waals surface area contributed by atoms with Crippen LogP contribution in [0.4, 0.5) is 0 Å². The Labute approximate surface area is 101 Å². The second kappa shape index (κ2) is 5.10. The lowest BCUT2D eigenvalue weighted by atomic mass is 10.1. The number of hydrogen-bond donors (Lipinski definition) is 1. The van der Waals surface area contributed by atoms with Crippen LogP contribution >= 0.6 is 0 Å². The fourth-order valence-electron chi connectivity index (χ4n) is 1.95. The SMILES string of the molecule is CCc1c(CO)nnn1Cc1ccccc1C. The van der Waals surface area contributed by atoms with E-state index in [4.69, 9.17) is 5.11 Å². The second-order valence-corrected chi connectivity index (χ2v) is 4.08. The number of hydrogen-bond acceptors (Lipinski definition) is 3. The lowest BCUT2D eigenvalue weighted by Crippen LogP contribution is -2.07. The van der Waals surface area contributed by atoms with Gasteiger partial charge in [0.1, 0.15) is 5.69 Å². The largest absolute Gasteiger partial charge is 0.390 e. The third-order valence-corrected chi connectivity index (χ3v) is 2.98. The molecule has 17 heavy (non-hydrogen) atoms. The van der Waals surface area contributed by atoms with Gasteiger partial charge in [0.05, 0.1) is 18.8 Å². The minimum absolute atomic E-state index is 0.0447. The molecule has 0 bridgehead atoms. The van der Waals surface area contributed by atoms with E-state index < -0.39 is 0 Å². The summed E-state index contributed by atoms with van der Waals surface area (Å²) < 4.78 is 1.87. The second-order valence-electron chi connectivity index (χ2n) is 4.08. The van der Waals surface area contributed by atoms with E-state index in [1.54, 1.807) is 0 Å². The van der Waals surface area contributed by atoms with Gasteiger partial charge in [0.25, 0.3) is 0 Å². The standard InChI is InChI=1S/C13H17N3O/c1-3-13-12(9-17)14-15-16(13)8-11-7-5-4-6-10(11)2/h4-7,17H,3,8-9H2,1-2H3. The maximum atomic E-state index is 9.17. The smallest absolute Gasteiger partial charge is 0.111 e. The van der Waals surface area contributed by atoms with Crippen LogP contribution in [-0.2, 0) is 19.6 Å². The Kier molecular flexibility index (Phi) is 3.54. The summed E-state index contributed by atoms with van der Waals surface area (Å²) in [4.78, 5) is 0. The fraction of sp³-hybridized carbons (Fsp3) is 0.385. The number of rotatable bonds is 4. The molecule has 2 rings (SSSR count). The van der Waals surface area contributed by atoms with Crippen LogP contribution in [0, 0.1) is 6.92 Å². The number of aliphatic hydroxyl groups excluding tert-OH is 1. The molecule has 4 heteroatoms. The molecule has 1 N–H and O–H groups in total. The van der Waals surface area contributed by atoms with Crippen molar-refractivity contribution in [2.75, 3.05) is 0 Å². The molecule has 0 aliphatic heterocycles. The van der Waals surface area contributed by atoms with Gasteiger partial charge in [-0.05, 0) is 24.5 Å². The Balaban J connectivity index is 2.30. The van der Waals surface area contributed by atoms with Gasteiger partial charge in [0.2, 0.25) is 0 Å². The van der Waals surface area contributed by atoms with Gasteiger partial charge >= 0.3 is 0 Å². The Morgan fingerprint density at radius 3 is 2.71 bits per heavy atom. The molecule has 0 amide bonds. The van der Waals surface area contributed by atoms with Crippen molar-refractivity contribution in [1.29, 1.82) is 0 Å². The zero-order valence-electron chi connectivity index (χ0n) is 10.2. The van der Waals surface area contributed by atoms with Crippen LogP contribution in [0.5, 0.6) is 0 Å². The van der Waals surface area contributed by atoms with Crippen molar-refractivity contribution in [1.82, 2.24) is 15.0 Å². The highest BCUT2D eigenvalue weighted by Crippen LogP contribution is 2.12. The summed E-state index contributed by atoms with van der Waals surface area (Å²) in [6.07, 6.45) is 0.828. The van der Waals surface area contributed by atoms with Gasteiger partial charge in [-0.25, -0.2) is 4.68 Å². The van der Waals surface area contributed by atoms with E-state index in [0.717, 1.165) is 12.1 Å². The molecule has 0 radical (unpaired) electrons. The van der Waals surface area contributed by atoms with Crippen LogP contribution in [0.25, 0.3) is 0 Å². The van der Waals surface area contributed by atoms with Gasteiger partial charge in [-0.2, -0.15) is 0 Å². The van der Waals surface area contributed by atoms with E-state index >= 15 is 0 Å². The molecular weight excluding hydrogens is 214 g/mol. The van der Waals surface area contributed by atoms with Crippen LogP contribution in [0.3, 0.4) is 0 Å². The van der Waals surface area contributed by atoms with E-state index in [9.17, 15) is 0 Å². The maximum absolute atomic E-state index is 9.17. The molecule has 1 aromatic heterocycles. The highest BCUT2D eigenvalue weighted by Gasteiger charge is 2.10. The first-order valence-electron chi connectivity index (χ1n) is 5.82. The minimum atomic E-state index is -0.0447. The predicted molar refractivity (Wildman–Crippen MR) is 65.6 cm³/mol. The zero-order valence-corrected chi connectivity index (χ0v) is 10.2. The van der Waals surface area contributed by atoms with Crippen molar-refractivity contribution in [3.63, 3.8) is 0 Å². The van der Waals surface area contributed by atoms with E-state index in [0.29, 0.717) is 12.2 Å². The predicted octanol–water partition coefficient (Wildman–Crippen LogP) is 1.69. The third kappa shape index (κ3) is 2.36. The minimum Gasteiger partial charge on any atom is -0.390 e. The zero-order chi connectivity index (χ0) is 12.3. The van der Waals surface area contributed by atoms with E-state index in [1.165, 1.54) is 11.1 Å². The normalized spacial score (nSPS) is 10.8. The Morgan fingerprint density at radius 2 is 2.06 bits per heavy atom. The molecule has 0 aliphatic carbocycles. The van der Waals surface area contributed by atoms with Gasteiger partial charge < -0.3 is 5.11 Å². The molecule has 0 atom stereocenters. The first-order valence-corrected chi connectivity index (χ1v) is 5.82. The maximum Gasteiger partial charge on any atom is 0.111 e. The Bertz CT molecular complexity index is 505. The molecule has 1 aromatic carbocycles. The summed E-state index contributed by atoms with van der Waals surface area (Å²) in [5.74, 6) is 0.